The summed E-state index contributed by atoms with van der Waals surface area (Å²) in [5.41, 5.74) is -0.896. The number of nitrogens with one attached hydrogen (secondary N) is 3. The van der Waals surface area contributed by atoms with Gasteiger partial charge in [0.2, 0.25) is 0 Å². The molecule has 1 aliphatic heterocycles. The van der Waals surface area contributed by atoms with Crippen LogP contribution in [0.4, 0.5) is 11.5 Å². The van der Waals surface area contributed by atoms with Crippen molar-refractivity contribution >= 4 is 50.7 Å². The third kappa shape index (κ3) is 8.74. The van der Waals surface area contributed by atoms with Crippen molar-refractivity contribution in [2.45, 2.75) is 50.2 Å². The number of piperidine rings is 1. The van der Waals surface area contributed by atoms with Crippen LogP contribution in [0.25, 0.3) is 0 Å². The Morgan fingerprint density at radius 2 is 1.75 bits per heavy atom. The van der Waals surface area contributed by atoms with E-state index in [0.717, 1.165) is 6.26 Å². The summed E-state index contributed by atoms with van der Waals surface area (Å²) in [7, 11) is -3.70. The topological polar surface area (TPSA) is 166 Å². The predicted molar refractivity (Wildman–Crippen MR) is 165 cm³/mol. The number of anilines is 2. The number of pyridine rings is 2. The molecule has 3 heterocycles. The van der Waals surface area contributed by atoms with Crippen molar-refractivity contribution in [1.29, 1.82) is 0 Å². The van der Waals surface area contributed by atoms with Crippen LogP contribution >= 0.6 is 11.6 Å². The van der Waals surface area contributed by atoms with Crippen LogP contribution in [0.1, 0.15) is 54.5 Å². The van der Waals surface area contributed by atoms with Gasteiger partial charge in [0.25, 0.3) is 11.8 Å². The highest BCUT2D eigenvalue weighted by atomic mass is 35.5. The molecule has 0 radical (unpaired) electrons. The number of hydrogen-bond acceptors (Lipinski definition) is 10. The van der Waals surface area contributed by atoms with Crippen molar-refractivity contribution < 1.29 is 32.3 Å². The Bertz CT molecular complexity index is 1640. The molecule has 4 rings (SSSR count). The molecule has 1 saturated heterocycles. The highest BCUT2D eigenvalue weighted by molar-refractivity contribution is 7.90. The van der Waals surface area contributed by atoms with E-state index in [1.165, 1.54) is 48.8 Å². The van der Waals surface area contributed by atoms with Crippen LogP contribution in [0.15, 0.2) is 59.8 Å². The fourth-order valence-electron chi connectivity index (χ4n) is 4.50. The van der Waals surface area contributed by atoms with Crippen molar-refractivity contribution in [2.75, 3.05) is 30.0 Å². The van der Waals surface area contributed by atoms with E-state index < -0.39 is 39.3 Å². The van der Waals surface area contributed by atoms with Crippen molar-refractivity contribution in [2.24, 2.45) is 5.92 Å². The number of amides is 2. The highest BCUT2D eigenvalue weighted by Crippen LogP contribution is 2.30. The lowest BCUT2D eigenvalue weighted by Gasteiger charge is -2.32. The Labute approximate surface area is 260 Å². The van der Waals surface area contributed by atoms with E-state index in [4.69, 9.17) is 21.1 Å². The van der Waals surface area contributed by atoms with Crippen LogP contribution in [0.5, 0.6) is 5.75 Å². The average molecular weight is 644 g/mol. The molecule has 1 unspecified atom stereocenters. The van der Waals surface area contributed by atoms with Gasteiger partial charge in [0.15, 0.2) is 21.6 Å². The molecule has 3 aromatic rings. The van der Waals surface area contributed by atoms with E-state index in [2.05, 4.69) is 25.9 Å². The van der Waals surface area contributed by atoms with E-state index in [9.17, 15) is 22.8 Å². The highest BCUT2D eigenvalue weighted by Gasteiger charge is 2.36. The van der Waals surface area contributed by atoms with Crippen LogP contribution in [0.3, 0.4) is 0 Å². The van der Waals surface area contributed by atoms with Crippen molar-refractivity contribution in [3.8, 4) is 5.75 Å². The minimum atomic E-state index is -3.70. The Kier molecular flexibility index (Phi) is 10.2. The van der Waals surface area contributed by atoms with Gasteiger partial charge in [-0.15, -0.1) is 0 Å². The number of benzene rings is 1. The van der Waals surface area contributed by atoms with Crippen molar-refractivity contribution in [3.05, 3.63) is 71.1 Å². The number of hydrogen-bond donors (Lipinski definition) is 3. The molecule has 44 heavy (non-hydrogen) atoms. The molecule has 1 aliphatic rings. The summed E-state index contributed by atoms with van der Waals surface area (Å²) in [5.74, 6) is -2.14. The Morgan fingerprint density at radius 3 is 2.39 bits per heavy atom. The largest absolute Gasteiger partial charge is 0.478 e. The summed E-state index contributed by atoms with van der Waals surface area (Å²) in [6.45, 7) is 6.51. The third-order valence-electron chi connectivity index (χ3n) is 6.57. The smallest absolute Gasteiger partial charge is 0.348 e. The molecule has 0 bridgehead atoms. The Balaban J connectivity index is 1.67. The van der Waals surface area contributed by atoms with E-state index >= 15 is 0 Å². The van der Waals surface area contributed by atoms with Crippen molar-refractivity contribution in [1.82, 2.24) is 15.3 Å². The summed E-state index contributed by atoms with van der Waals surface area (Å²) >= 11 is 5.87. The number of carbonyl (C=O) groups is 3. The van der Waals surface area contributed by atoms with Crippen molar-refractivity contribution in [3.63, 3.8) is 0 Å². The molecule has 12 nitrogen and oxygen atoms in total. The van der Waals surface area contributed by atoms with Crippen LogP contribution in [-0.4, -0.2) is 67.2 Å². The minimum Gasteiger partial charge on any atom is -0.478 e. The van der Waals surface area contributed by atoms with Gasteiger partial charge in [-0.2, -0.15) is 0 Å². The van der Waals surface area contributed by atoms with Gasteiger partial charge in [-0.25, -0.2) is 23.2 Å². The van der Waals surface area contributed by atoms with E-state index in [0.29, 0.717) is 31.0 Å². The molecule has 14 heteroatoms. The number of aromatic nitrogens is 2. The minimum absolute atomic E-state index is 0.0607. The van der Waals surface area contributed by atoms with Gasteiger partial charge >= 0.3 is 5.97 Å². The molecular formula is C30H34ClN5O7S. The number of nitrogens with zero attached hydrogens (tertiary/aromatic N) is 2. The summed E-state index contributed by atoms with van der Waals surface area (Å²) in [6, 6.07) is 9.87. The van der Waals surface area contributed by atoms with Gasteiger partial charge in [-0.05, 0) is 89.2 Å². The lowest BCUT2D eigenvalue weighted by molar-refractivity contribution is -0.166. The van der Waals surface area contributed by atoms with Gasteiger partial charge in [-0.1, -0.05) is 11.6 Å². The Hall–Kier alpha value is -4.07. The number of rotatable bonds is 9. The molecule has 2 aromatic heterocycles. The second kappa shape index (κ2) is 13.7. The van der Waals surface area contributed by atoms with E-state index in [-0.39, 0.29) is 39.3 Å². The van der Waals surface area contributed by atoms with Gasteiger partial charge in [0, 0.05) is 24.6 Å². The summed E-state index contributed by atoms with van der Waals surface area (Å²) < 4.78 is 36.7. The second-order valence-corrected chi connectivity index (χ2v) is 13.7. The maximum absolute atomic E-state index is 13.7. The van der Waals surface area contributed by atoms with Crippen LogP contribution < -0.4 is 20.7 Å². The van der Waals surface area contributed by atoms with Gasteiger partial charge in [-0.3, -0.25) is 9.59 Å². The standard InChI is InChI=1S/C30H34ClN5O7S/c1-30(2,3)43-29(39)26(18-11-14-32-15-12-18)42-23-16-20(44(4,40)41)8-9-21(23)27(37)35-22-6-5-13-33-25(22)28(38)36-24-10-7-19(31)17-34-24/h5-10,13,16-18,26,32H,11-12,14-15H2,1-4H3,(H,35,37)(H,34,36,38). The molecule has 1 fully saturated rings. The quantitative estimate of drug-likeness (QED) is 0.289. The predicted octanol–water partition coefficient (Wildman–Crippen LogP) is 4.13. The molecular weight excluding hydrogens is 610 g/mol. The SMILES string of the molecule is CC(C)(C)OC(=O)C(Oc1cc(S(C)(=O)=O)ccc1C(=O)Nc1cccnc1C(=O)Nc1ccc(Cl)cn1)C1CCNCC1. The van der Waals surface area contributed by atoms with Crippen LogP contribution in [-0.2, 0) is 19.4 Å². The molecule has 3 N–H and O–H groups in total. The molecule has 234 valence electrons. The fraction of sp³-hybridized carbons (Fsp3) is 0.367. The lowest BCUT2D eigenvalue weighted by Crippen LogP contribution is -2.44. The zero-order valence-electron chi connectivity index (χ0n) is 24.7. The number of halogens is 1. The van der Waals surface area contributed by atoms with Crippen LogP contribution in [0, 0.1) is 5.92 Å². The molecule has 1 atom stereocenters. The first-order chi connectivity index (χ1) is 20.7. The van der Waals surface area contributed by atoms with Gasteiger partial charge in [0.1, 0.15) is 17.2 Å². The monoisotopic (exact) mass is 643 g/mol. The fourth-order valence-corrected chi connectivity index (χ4v) is 5.25. The van der Waals surface area contributed by atoms with Crippen LogP contribution in [0.2, 0.25) is 5.02 Å². The molecule has 1 aromatic carbocycles. The number of carbonyl (C=O) groups excluding carboxylic acids is 3. The molecule has 0 spiro atoms. The summed E-state index contributed by atoms with van der Waals surface area (Å²) in [6.07, 6.45) is 3.89. The molecule has 0 saturated carbocycles. The zero-order valence-corrected chi connectivity index (χ0v) is 26.3. The number of ether oxygens (including phenoxy) is 2. The third-order valence-corrected chi connectivity index (χ3v) is 7.90. The lowest BCUT2D eigenvalue weighted by atomic mass is 9.91. The number of sulfone groups is 1. The number of esters is 1. The van der Waals surface area contributed by atoms with E-state index in [1.54, 1.807) is 26.8 Å². The molecule has 2 amide bonds. The maximum atomic E-state index is 13.7. The van der Waals surface area contributed by atoms with E-state index in [1.807, 2.05) is 0 Å². The first-order valence-corrected chi connectivity index (χ1v) is 16.1. The summed E-state index contributed by atoms with van der Waals surface area (Å²) in [5, 5.41) is 8.89. The zero-order chi connectivity index (χ0) is 32.1. The summed E-state index contributed by atoms with van der Waals surface area (Å²) in [4.78, 5) is 48.1. The Morgan fingerprint density at radius 1 is 1.02 bits per heavy atom. The first-order valence-electron chi connectivity index (χ1n) is 13.8. The maximum Gasteiger partial charge on any atom is 0.348 e. The molecule has 0 aliphatic carbocycles. The normalized spacial score (nSPS) is 14.8. The van der Waals surface area contributed by atoms with Gasteiger partial charge < -0.3 is 25.4 Å². The van der Waals surface area contributed by atoms with Gasteiger partial charge in [0.05, 0.1) is 21.2 Å². The second-order valence-electron chi connectivity index (χ2n) is 11.3. The first kappa shape index (κ1) is 32.8. The average Bonchev–Trinajstić information content (AvgIpc) is 2.96.